The summed E-state index contributed by atoms with van der Waals surface area (Å²) in [5.41, 5.74) is 0.720. The van der Waals surface area contributed by atoms with E-state index in [0.29, 0.717) is 11.8 Å². The topological polar surface area (TPSA) is 80.0 Å². The average Bonchev–Trinajstić information content (AvgIpc) is 3.34. The molecule has 0 bridgehead atoms. The van der Waals surface area contributed by atoms with E-state index in [1.165, 1.54) is 11.3 Å². The predicted octanol–water partition coefficient (Wildman–Crippen LogP) is 2.76. The van der Waals surface area contributed by atoms with E-state index >= 15 is 0 Å². The SMILES string of the molecule is CC[C@@H]1C(=O)N(C)c2cnc(-n3ccnc3-c3nccs3)nc2N1C(C)C. The van der Waals surface area contributed by atoms with Gasteiger partial charge in [0.25, 0.3) is 0 Å². The lowest BCUT2D eigenvalue weighted by atomic mass is 10.1. The predicted molar refractivity (Wildman–Crippen MR) is 105 cm³/mol. The lowest BCUT2D eigenvalue weighted by molar-refractivity contribution is -0.120. The summed E-state index contributed by atoms with van der Waals surface area (Å²) in [6.07, 6.45) is 7.72. The van der Waals surface area contributed by atoms with Crippen molar-refractivity contribution < 1.29 is 4.79 Å². The van der Waals surface area contributed by atoms with Crippen molar-refractivity contribution in [3.63, 3.8) is 0 Å². The van der Waals surface area contributed by atoms with E-state index in [0.717, 1.165) is 22.9 Å². The summed E-state index contributed by atoms with van der Waals surface area (Å²) in [4.78, 5) is 34.6. The minimum absolute atomic E-state index is 0.0705. The smallest absolute Gasteiger partial charge is 0.249 e. The minimum Gasteiger partial charge on any atom is -0.340 e. The summed E-state index contributed by atoms with van der Waals surface area (Å²) in [5, 5.41) is 2.72. The van der Waals surface area contributed by atoms with Gasteiger partial charge in [0, 0.05) is 37.1 Å². The maximum atomic E-state index is 12.8. The Hall–Kier alpha value is -2.81. The van der Waals surface area contributed by atoms with E-state index in [-0.39, 0.29) is 18.0 Å². The molecule has 3 aromatic heterocycles. The van der Waals surface area contributed by atoms with Crippen LogP contribution in [-0.4, -0.2) is 49.5 Å². The second-order valence-corrected chi connectivity index (χ2v) is 7.55. The van der Waals surface area contributed by atoms with Crippen LogP contribution in [0.15, 0.2) is 30.2 Å². The molecule has 9 heteroatoms. The van der Waals surface area contributed by atoms with Crippen LogP contribution >= 0.6 is 11.3 Å². The molecule has 0 unspecified atom stereocenters. The van der Waals surface area contributed by atoms with Crippen LogP contribution in [0, 0.1) is 0 Å². The number of likely N-dealkylation sites (N-methyl/N-ethyl adjacent to an activating group) is 1. The fraction of sp³-hybridized carbons (Fsp3) is 0.389. The third kappa shape index (κ3) is 2.78. The molecule has 0 saturated carbocycles. The molecule has 3 aromatic rings. The number of carbonyl (C=O) groups is 1. The van der Waals surface area contributed by atoms with E-state index in [4.69, 9.17) is 4.98 Å². The standard InChI is InChI=1S/C18H21N7OS/c1-5-12-17(26)23(4)13-10-21-18(22-14(13)25(12)11(2)3)24-8-6-19-15(24)16-20-7-9-27-16/h6-12H,5H2,1-4H3/t12-/m1/s1. The average molecular weight is 383 g/mol. The molecule has 8 nitrogen and oxygen atoms in total. The van der Waals surface area contributed by atoms with E-state index in [1.54, 1.807) is 30.5 Å². The zero-order valence-corrected chi connectivity index (χ0v) is 16.5. The molecule has 1 aliphatic heterocycles. The molecular formula is C18H21N7OS. The van der Waals surface area contributed by atoms with Gasteiger partial charge in [0.05, 0.1) is 6.20 Å². The molecule has 0 saturated heterocycles. The van der Waals surface area contributed by atoms with Gasteiger partial charge in [0.15, 0.2) is 16.6 Å². The fourth-order valence-corrected chi connectivity index (χ4v) is 4.07. The van der Waals surface area contributed by atoms with Gasteiger partial charge in [-0.1, -0.05) is 6.92 Å². The third-order valence-electron chi connectivity index (χ3n) is 4.72. The van der Waals surface area contributed by atoms with Crippen molar-refractivity contribution in [2.24, 2.45) is 0 Å². The van der Waals surface area contributed by atoms with E-state index < -0.39 is 0 Å². The lowest BCUT2D eigenvalue weighted by Gasteiger charge is -2.42. The van der Waals surface area contributed by atoms with Gasteiger partial charge in [-0.25, -0.2) is 15.0 Å². The van der Waals surface area contributed by atoms with Gasteiger partial charge >= 0.3 is 0 Å². The Balaban J connectivity index is 1.86. The van der Waals surface area contributed by atoms with Crippen molar-refractivity contribution in [3.05, 3.63) is 30.2 Å². The van der Waals surface area contributed by atoms with Crippen molar-refractivity contribution in [1.29, 1.82) is 0 Å². The maximum absolute atomic E-state index is 12.8. The highest BCUT2D eigenvalue weighted by molar-refractivity contribution is 7.13. The number of imidazole rings is 1. The number of nitrogens with zero attached hydrogens (tertiary/aromatic N) is 7. The first-order valence-corrected chi connectivity index (χ1v) is 9.77. The Morgan fingerprint density at radius 2 is 2.04 bits per heavy atom. The number of amides is 1. The highest BCUT2D eigenvalue weighted by atomic mass is 32.1. The second-order valence-electron chi connectivity index (χ2n) is 6.66. The van der Waals surface area contributed by atoms with E-state index in [1.807, 2.05) is 23.1 Å². The van der Waals surface area contributed by atoms with Gasteiger partial charge < -0.3 is 9.80 Å². The van der Waals surface area contributed by atoms with Gasteiger partial charge in [0.1, 0.15) is 11.7 Å². The monoisotopic (exact) mass is 383 g/mol. The van der Waals surface area contributed by atoms with Gasteiger partial charge in [-0.3, -0.25) is 9.36 Å². The van der Waals surface area contributed by atoms with Crippen molar-refractivity contribution in [1.82, 2.24) is 24.5 Å². The quantitative estimate of drug-likeness (QED) is 0.689. The zero-order chi connectivity index (χ0) is 19.1. The summed E-state index contributed by atoms with van der Waals surface area (Å²) in [7, 11) is 1.78. The first-order valence-electron chi connectivity index (χ1n) is 8.89. The second kappa shape index (κ2) is 6.73. The molecule has 140 valence electrons. The summed E-state index contributed by atoms with van der Waals surface area (Å²) in [6.45, 7) is 6.17. The number of anilines is 2. The van der Waals surface area contributed by atoms with E-state index in [9.17, 15) is 4.79 Å². The largest absolute Gasteiger partial charge is 0.340 e. The highest BCUT2D eigenvalue weighted by Gasteiger charge is 2.38. The lowest BCUT2D eigenvalue weighted by Crippen LogP contribution is -2.55. The molecule has 1 aliphatic rings. The number of hydrogen-bond donors (Lipinski definition) is 0. The normalized spacial score (nSPS) is 16.9. The zero-order valence-electron chi connectivity index (χ0n) is 15.7. The molecule has 1 amide bonds. The van der Waals surface area contributed by atoms with E-state index in [2.05, 4.69) is 33.7 Å². The molecular weight excluding hydrogens is 362 g/mol. The number of fused-ring (bicyclic) bond motifs is 1. The Kier molecular flexibility index (Phi) is 4.39. The fourth-order valence-electron chi connectivity index (χ4n) is 3.44. The Morgan fingerprint density at radius 1 is 1.22 bits per heavy atom. The molecule has 0 aromatic carbocycles. The van der Waals surface area contributed by atoms with Crippen LogP contribution in [0.2, 0.25) is 0 Å². The highest BCUT2D eigenvalue weighted by Crippen LogP contribution is 2.36. The first kappa shape index (κ1) is 17.6. The maximum Gasteiger partial charge on any atom is 0.249 e. The van der Waals surface area contributed by atoms with Crippen molar-refractivity contribution >= 4 is 28.7 Å². The third-order valence-corrected chi connectivity index (χ3v) is 5.49. The number of rotatable bonds is 4. The van der Waals surface area contributed by atoms with Crippen LogP contribution in [0.5, 0.6) is 0 Å². The summed E-state index contributed by atoms with van der Waals surface area (Å²) in [6, 6.07) is -0.0956. The van der Waals surface area contributed by atoms with Crippen LogP contribution in [0.3, 0.4) is 0 Å². The van der Waals surface area contributed by atoms with Crippen molar-refractivity contribution in [2.75, 3.05) is 16.8 Å². The number of thiazole rings is 1. The Bertz CT molecular complexity index is 966. The molecule has 1 atom stereocenters. The van der Waals surface area contributed by atoms with Crippen LogP contribution in [-0.2, 0) is 4.79 Å². The number of carbonyl (C=O) groups excluding carboxylic acids is 1. The molecule has 0 N–H and O–H groups in total. The van der Waals surface area contributed by atoms with Crippen molar-refractivity contribution in [2.45, 2.75) is 39.3 Å². The van der Waals surface area contributed by atoms with Crippen molar-refractivity contribution in [3.8, 4) is 16.8 Å². The molecule has 0 aliphatic carbocycles. The first-order chi connectivity index (χ1) is 13.0. The van der Waals surface area contributed by atoms with Gasteiger partial charge in [-0.05, 0) is 20.3 Å². The molecule has 4 rings (SSSR count). The van der Waals surface area contributed by atoms with Crippen LogP contribution in [0.25, 0.3) is 16.8 Å². The number of hydrogen-bond acceptors (Lipinski definition) is 7. The molecule has 4 heterocycles. The van der Waals surface area contributed by atoms with Crippen LogP contribution in [0.4, 0.5) is 11.5 Å². The molecule has 0 fully saturated rings. The van der Waals surface area contributed by atoms with Crippen LogP contribution < -0.4 is 9.80 Å². The van der Waals surface area contributed by atoms with Crippen LogP contribution in [0.1, 0.15) is 27.2 Å². The molecule has 27 heavy (non-hydrogen) atoms. The minimum atomic E-state index is -0.230. The summed E-state index contributed by atoms with van der Waals surface area (Å²) >= 11 is 1.52. The van der Waals surface area contributed by atoms with Gasteiger partial charge in [0.2, 0.25) is 11.9 Å². The Morgan fingerprint density at radius 3 is 2.70 bits per heavy atom. The number of aromatic nitrogens is 5. The molecule has 0 spiro atoms. The molecule has 0 radical (unpaired) electrons. The summed E-state index contributed by atoms with van der Waals surface area (Å²) < 4.78 is 1.83. The van der Waals surface area contributed by atoms with Gasteiger partial charge in [-0.2, -0.15) is 4.98 Å². The summed E-state index contributed by atoms with van der Waals surface area (Å²) in [5.74, 6) is 2.05. The van der Waals surface area contributed by atoms with Gasteiger partial charge in [-0.15, -0.1) is 11.3 Å². The Labute approximate surface area is 161 Å².